The minimum Gasteiger partial charge on any atom is -0.491 e. The zero-order valence-corrected chi connectivity index (χ0v) is 10.5. The Morgan fingerprint density at radius 2 is 2.00 bits per heavy atom. The zero-order valence-electron chi connectivity index (χ0n) is 10.5. The van der Waals surface area contributed by atoms with Gasteiger partial charge in [-0.25, -0.2) is 0 Å². The van der Waals surface area contributed by atoms with Crippen LogP contribution in [-0.4, -0.2) is 43.4 Å². The average molecular weight is 223 g/mol. The van der Waals surface area contributed by atoms with Crippen molar-refractivity contribution in [2.45, 2.75) is 20.0 Å². The fourth-order valence-corrected chi connectivity index (χ4v) is 1.54. The minimum atomic E-state index is -0.449. The Hall–Kier alpha value is -1.06. The quantitative estimate of drug-likeness (QED) is 0.823. The lowest BCUT2D eigenvalue weighted by Crippen LogP contribution is -2.30. The van der Waals surface area contributed by atoms with Crippen molar-refractivity contribution in [3.05, 3.63) is 29.3 Å². The smallest absolute Gasteiger partial charge is 0.122 e. The number of aryl methyl sites for hydroxylation is 1. The number of ether oxygens (including phenoxy) is 1. The first-order chi connectivity index (χ1) is 7.50. The van der Waals surface area contributed by atoms with Gasteiger partial charge in [-0.05, 0) is 45.1 Å². The summed E-state index contributed by atoms with van der Waals surface area (Å²) in [7, 11) is 3.86. The largest absolute Gasteiger partial charge is 0.491 e. The van der Waals surface area contributed by atoms with Gasteiger partial charge in [0.2, 0.25) is 0 Å². The Morgan fingerprint density at radius 3 is 2.62 bits per heavy atom. The van der Waals surface area contributed by atoms with Crippen molar-refractivity contribution in [3.63, 3.8) is 0 Å². The van der Waals surface area contributed by atoms with Crippen LogP contribution in [0.1, 0.15) is 11.1 Å². The van der Waals surface area contributed by atoms with Crippen molar-refractivity contribution in [2.75, 3.05) is 27.2 Å². The van der Waals surface area contributed by atoms with Gasteiger partial charge in [-0.3, -0.25) is 0 Å². The summed E-state index contributed by atoms with van der Waals surface area (Å²) in [4.78, 5) is 1.94. The van der Waals surface area contributed by atoms with E-state index in [-0.39, 0.29) is 0 Å². The molecule has 1 aromatic rings. The zero-order chi connectivity index (χ0) is 12.1. The summed E-state index contributed by atoms with van der Waals surface area (Å²) >= 11 is 0. The van der Waals surface area contributed by atoms with Gasteiger partial charge in [-0.1, -0.05) is 12.1 Å². The van der Waals surface area contributed by atoms with Crippen LogP contribution in [0.5, 0.6) is 5.75 Å². The number of aliphatic hydroxyl groups is 1. The third-order valence-corrected chi connectivity index (χ3v) is 2.56. The first-order valence-electron chi connectivity index (χ1n) is 5.52. The van der Waals surface area contributed by atoms with Crippen molar-refractivity contribution in [1.29, 1.82) is 0 Å². The molecule has 0 spiro atoms. The Bertz CT molecular complexity index is 337. The lowest BCUT2D eigenvalue weighted by molar-refractivity contribution is 0.0828. The molecular formula is C13H21NO2. The van der Waals surface area contributed by atoms with E-state index >= 15 is 0 Å². The van der Waals surface area contributed by atoms with Crippen LogP contribution in [0.15, 0.2) is 18.2 Å². The van der Waals surface area contributed by atoms with Crippen molar-refractivity contribution in [3.8, 4) is 5.75 Å². The van der Waals surface area contributed by atoms with Crippen molar-refractivity contribution < 1.29 is 9.84 Å². The molecule has 1 atom stereocenters. The van der Waals surface area contributed by atoms with Crippen LogP contribution in [-0.2, 0) is 0 Å². The van der Waals surface area contributed by atoms with E-state index in [2.05, 4.69) is 13.0 Å². The van der Waals surface area contributed by atoms with Gasteiger partial charge >= 0.3 is 0 Å². The molecule has 0 heterocycles. The number of nitrogens with zero attached hydrogens (tertiary/aromatic N) is 1. The molecule has 0 bridgehead atoms. The maximum Gasteiger partial charge on any atom is 0.122 e. The minimum absolute atomic E-state index is 0.336. The second-order valence-electron chi connectivity index (χ2n) is 4.43. The Labute approximate surface area is 97.7 Å². The van der Waals surface area contributed by atoms with E-state index in [0.717, 1.165) is 11.3 Å². The van der Waals surface area contributed by atoms with Crippen LogP contribution in [0.25, 0.3) is 0 Å². The topological polar surface area (TPSA) is 32.7 Å². The maximum atomic E-state index is 9.67. The lowest BCUT2D eigenvalue weighted by Gasteiger charge is -2.17. The van der Waals surface area contributed by atoms with Crippen molar-refractivity contribution in [1.82, 2.24) is 4.90 Å². The molecule has 0 fully saturated rings. The van der Waals surface area contributed by atoms with Crippen molar-refractivity contribution >= 4 is 0 Å². The molecule has 3 heteroatoms. The number of benzene rings is 1. The number of likely N-dealkylation sites (N-methyl/N-ethyl adjacent to an activating group) is 1. The summed E-state index contributed by atoms with van der Waals surface area (Å²) < 4.78 is 5.60. The lowest BCUT2D eigenvalue weighted by atomic mass is 10.1. The fourth-order valence-electron chi connectivity index (χ4n) is 1.54. The number of aliphatic hydroxyl groups excluding tert-OH is 1. The van der Waals surface area contributed by atoms with E-state index < -0.39 is 6.10 Å². The van der Waals surface area contributed by atoms with Gasteiger partial charge in [0.1, 0.15) is 18.5 Å². The van der Waals surface area contributed by atoms with Gasteiger partial charge in [0, 0.05) is 6.54 Å². The highest BCUT2D eigenvalue weighted by atomic mass is 16.5. The van der Waals surface area contributed by atoms with Gasteiger partial charge in [-0.15, -0.1) is 0 Å². The number of hydrogen-bond acceptors (Lipinski definition) is 3. The standard InChI is InChI=1S/C13H21NO2/c1-10-6-5-7-13(11(10)2)16-9-12(15)8-14(3)4/h5-7,12,15H,8-9H2,1-4H3/t12-/m1/s1. The molecule has 0 aliphatic carbocycles. The Balaban J connectivity index is 2.51. The monoisotopic (exact) mass is 223 g/mol. The van der Waals surface area contributed by atoms with E-state index in [0.29, 0.717) is 13.2 Å². The Morgan fingerprint density at radius 1 is 1.31 bits per heavy atom. The summed E-state index contributed by atoms with van der Waals surface area (Å²) in [5.74, 6) is 0.859. The van der Waals surface area contributed by atoms with E-state index in [1.165, 1.54) is 5.56 Å². The molecule has 0 saturated heterocycles. The Kier molecular flexibility index (Phi) is 4.77. The summed E-state index contributed by atoms with van der Waals surface area (Å²) in [5.41, 5.74) is 2.35. The summed E-state index contributed by atoms with van der Waals surface area (Å²) in [6, 6.07) is 5.96. The van der Waals surface area contributed by atoms with Gasteiger partial charge in [0.05, 0.1) is 0 Å². The molecule has 0 unspecified atom stereocenters. The first kappa shape index (κ1) is 13.0. The van der Waals surface area contributed by atoms with E-state index in [1.807, 2.05) is 38.1 Å². The summed E-state index contributed by atoms with van der Waals surface area (Å²) in [6.45, 7) is 5.04. The normalized spacial score (nSPS) is 12.9. The third kappa shape index (κ3) is 3.83. The summed E-state index contributed by atoms with van der Waals surface area (Å²) in [5, 5.41) is 9.67. The molecule has 0 aliphatic heterocycles. The van der Waals surface area contributed by atoms with Crippen LogP contribution in [0.2, 0.25) is 0 Å². The van der Waals surface area contributed by atoms with E-state index in [1.54, 1.807) is 0 Å². The predicted molar refractivity (Wildman–Crippen MR) is 66.0 cm³/mol. The molecule has 0 saturated carbocycles. The maximum absolute atomic E-state index is 9.67. The molecule has 3 nitrogen and oxygen atoms in total. The van der Waals surface area contributed by atoms with Crippen LogP contribution in [0.4, 0.5) is 0 Å². The highest BCUT2D eigenvalue weighted by Crippen LogP contribution is 2.20. The fraction of sp³-hybridized carbons (Fsp3) is 0.538. The second kappa shape index (κ2) is 5.87. The molecule has 1 aromatic carbocycles. The van der Waals surface area contributed by atoms with Crippen LogP contribution in [0, 0.1) is 13.8 Å². The van der Waals surface area contributed by atoms with Gasteiger partial charge in [0.25, 0.3) is 0 Å². The van der Waals surface area contributed by atoms with Gasteiger partial charge in [-0.2, -0.15) is 0 Å². The predicted octanol–water partition coefficient (Wildman–Crippen LogP) is 1.60. The molecule has 0 aliphatic rings. The molecule has 16 heavy (non-hydrogen) atoms. The van der Waals surface area contributed by atoms with Crippen LogP contribution >= 0.6 is 0 Å². The highest BCUT2D eigenvalue weighted by Gasteiger charge is 2.08. The number of hydrogen-bond donors (Lipinski definition) is 1. The van der Waals surface area contributed by atoms with Crippen LogP contribution < -0.4 is 4.74 Å². The van der Waals surface area contributed by atoms with E-state index in [4.69, 9.17) is 4.74 Å². The molecule has 1 N–H and O–H groups in total. The molecule has 0 aromatic heterocycles. The number of rotatable bonds is 5. The first-order valence-corrected chi connectivity index (χ1v) is 5.52. The van der Waals surface area contributed by atoms with Crippen molar-refractivity contribution in [2.24, 2.45) is 0 Å². The molecule has 90 valence electrons. The molecular weight excluding hydrogens is 202 g/mol. The highest BCUT2D eigenvalue weighted by molar-refractivity contribution is 5.38. The second-order valence-corrected chi connectivity index (χ2v) is 4.43. The SMILES string of the molecule is Cc1cccc(OC[C@H](O)CN(C)C)c1C. The van der Waals surface area contributed by atoms with Gasteiger partial charge in [0.15, 0.2) is 0 Å². The third-order valence-electron chi connectivity index (χ3n) is 2.56. The van der Waals surface area contributed by atoms with Crippen LogP contribution in [0.3, 0.4) is 0 Å². The molecule has 0 amide bonds. The molecule has 0 radical (unpaired) electrons. The van der Waals surface area contributed by atoms with E-state index in [9.17, 15) is 5.11 Å². The van der Waals surface area contributed by atoms with Gasteiger partial charge < -0.3 is 14.7 Å². The molecule has 1 rings (SSSR count). The summed E-state index contributed by atoms with van der Waals surface area (Å²) in [6.07, 6.45) is -0.449. The average Bonchev–Trinajstić information content (AvgIpc) is 2.19.